The minimum absolute atomic E-state index is 0.203. The van der Waals surface area contributed by atoms with Crippen LogP contribution in [0.5, 0.6) is 0 Å². The van der Waals surface area contributed by atoms with Crippen LogP contribution in [0.4, 0.5) is 4.79 Å². The van der Waals surface area contributed by atoms with Crippen LogP contribution in [0.2, 0.25) is 0 Å². The summed E-state index contributed by atoms with van der Waals surface area (Å²) in [5.41, 5.74) is -0.450. The van der Waals surface area contributed by atoms with Crippen molar-refractivity contribution in [2.24, 2.45) is 0 Å². The molecule has 1 rings (SSSR count). The van der Waals surface area contributed by atoms with E-state index in [1.807, 2.05) is 39.0 Å². The van der Waals surface area contributed by atoms with E-state index >= 15 is 0 Å². The number of thiophene rings is 1. The predicted octanol–water partition coefficient (Wildman–Crippen LogP) is 3.31. The molecule has 1 atom stereocenters. The summed E-state index contributed by atoms with van der Waals surface area (Å²) >= 11 is 1.83. The van der Waals surface area contributed by atoms with Gasteiger partial charge in [-0.1, -0.05) is 6.92 Å². The minimum Gasteiger partial charge on any atom is -0.444 e. The molecule has 2 N–H and O–H groups in total. The van der Waals surface area contributed by atoms with E-state index in [4.69, 9.17) is 4.74 Å². The maximum Gasteiger partial charge on any atom is 0.407 e. The number of amides is 1. The summed E-state index contributed by atoms with van der Waals surface area (Å²) in [6.45, 7) is 11.2. The molecule has 0 bridgehead atoms. The third-order valence-electron chi connectivity index (χ3n) is 2.64. The highest BCUT2D eigenvalue weighted by molar-refractivity contribution is 7.11. The Kier molecular flexibility index (Phi) is 6.49. The Balaban J connectivity index is 2.23. The van der Waals surface area contributed by atoms with Crippen LogP contribution >= 0.6 is 11.3 Å². The average Bonchev–Trinajstić information content (AvgIpc) is 2.79. The molecule has 0 spiro atoms. The number of nitrogens with one attached hydrogen (secondary N) is 2. The lowest BCUT2D eigenvalue weighted by Gasteiger charge is -2.21. The van der Waals surface area contributed by atoms with Crippen LogP contribution in [0.25, 0.3) is 0 Å². The summed E-state index contributed by atoms with van der Waals surface area (Å²) in [5.74, 6) is 0. The first-order valence-corrected chi connectivity index (χ1v) is 7.89. The third-order valence-corrected chi connectivity index (χ3v) is 3.87. The molecule has 1 heterocycles. The van der Waals surface area contributed by atoms with Crippen LogP contribution in [0.1, 0.15) is 44.4 Å². The van der Waals surface area contributed by atoms with Crippen LogP contribution in [-0.4, -0.2) is 24.3 Å². The van der Waals surface area contributed by atoms with Gasteiger partial charge in [-0.3, -0.25) is 0 Å². The van der Waals surface area contributed by atoms with E-state index in [1.165, 1.54) is 9.75 Å². The highest BCUT2D eigenvalue weighted by Gasteiger charge is 2.16. The van der Waals surface area contributed by atoms with Gasteiger partial charge in [-0.15, -0.1) is 11.3 Å². The Morgan fingerprint density at radius 3 is 2.55 bits per heavy atom. The molecule has 114 valence electrons. The molecule has 1 aromatic heterocycles. The number of hydrogen-bond donors (Lipinski definition) is 2. The number of ether oxygens (including phenoxy) is 1. The lowest BCUT2D eigenvalue weighted by molar-refractivity contribution is 0.0523. The second-order valence-corrected chi connectivity index (χ2v) is 7.14. The van der Waals surface area contributed by atoms with Crippen molar-refractivity contribution in [3.05, 3.63) is 21.9 Å². The molecule has 0 fully saturated rings. The van der Waals surface area contributed by atoms with Gasteiger partial charge in [-0.05, 0) is 46.2 Å². The molecular weight excluding hydrogens is 272 g/mol. The number of carbonyl (C=O) groups is 1. The number of alkyl carbamates (subject to hydrolysis) is 1. The van der Waals surface area contributed by atoms with Crippen LogP contribution in [-0.2, 0) is 17.7 Å². The van der Waals surface area contributed by atoms with Crippen molar-refractivity contribution in [2.75, 3.05) is 6.54 Å². The number of hydrogen-bond acceptors (Lipinski definition) is 4. The fraction of sp³-hybridized carbons (Fsp3) is 0.667. The second kappa shape index (κ2) is 7.64. The number of aryl methyl sites for hydroxylation is 1. The second-order valence-electron chi connectivity index (χ2n) is 5.89. The summed E-state index contributed by atoms with van der Waals surface area (Å²) in [6.07, 6.45) is 0.719. The molecule has 0 aliphatic heterocycles. The van der Waals surface area contributed by atoms with E-state index < -0.39 is 5.60 Å². The summed E-state index contributed by atoms with van der Waals surface area (Å²) in [4.78, 5) is 14.2. The molecule has 0 saturated heterocycles. The standard InChI is InChI=1S/C15H26N2O2S/c1-6-12-7-8-13(20-12)10-16-11(2)9-17-14(18)19-15(3,4)5/h7-8,11,16H,6,9-10H2,1-5H3,(H,17,18). The summed E-state index contributed by atoms with van der Waals surface area (Å²) in [5, 5.41) is 6.17. The molecule has 1 aromatic rings. The Bertz CT molecular complexity index is 424. The van der Waals surface area contributed by atoms with E-state index in [0.717, 1.165) is 13.0 Å². The Hall–Kier alpha value is -1.07. The van der Waals surface area contributed by atoms with Gasteiger partial charge in [0.2, 0.25) is 0 Å². The maximum absolute atomic E-state index is 11.5. The molecule has 4 nitrogen and oxygen atoms in total. The van der Waals surface area contributed by atoms with Crippen LogP contribution in [0.15, 0.2) is 12.1 Å². The molecule has 20 heavy (non-hydrogen) atoms. The van der Waals surface area contributed by atoms with Gasteiger partial charge in [0.1, 0.15) is 5.60 Å². The zero-order valence-corrected chi connectivity index (χ0v) is 13.9. The molecule has 0 saturated carbocycles. The van der Waals surface area contributed by atoms with Gasteiger partial charge >= 0.3 is 6.09 Å². The normalized spacial score (nSPS) is 13.1. The summed E-state index contributed by atoms with van der Waals surface area (Å²) < 4.78 is 5.19. The third kappa shape index (κ3) is 6.91. The Morgan fingerprint density at radius 1 is 1.35 bits per heavy atom. The quantitative estimate of drug-likeness (QED) is 0.847. The first-order valence-electron chi connectivity index (χ1n) is 7.08. The van der Waals surface area contributed by atoms with Crippen LogP contribution in [0, 0.1) is 0 Å². The number of carbonyl (C=O) groups excluding carboxylic acids is 1. The number of rotatable bonds is 6. The van der Waals surface area contributed by atoms with Crippen LogP contribution in [0.3, 0.4) is 0 Å². The fourth-order valence-electron chi connectivity index (χ4n) is 1.60. The van der Waals surface area contributed by atoms with E-state index in [2.05, 4.69) is 29.7 Å². The highest BCUT2D eigenvalue weighted by Crippen LogP contribution is 2.16. The average molecular weight is 298 g/mol. The predicted molar refractivity (Wildman–Crippen MR) is 84.2 cm³/mol. The van der Waals surface area contributed by atoms with Crippen molar-refractivity contribution < 1.29 is 9.53 Å². The van der Waals surface area contributed by atoms with Gasteiger partial charge in [0.05, 0.1) is 0 Å². The Morgan fingerprint density at radius 2 is 2.00 bits per heavy atom. The minimum atomic E-state index is -0.450. The molecule has 1 amide bonds. The monoisotopic (exact) mass is 298 g/mol. The first-order chi connectivity index (χ1) is 9.30. The Labute approximate surface area is 125 Å². The van der Waals surface area contributed by atoms with Gasteiger partial charge < -0.3 is 15.4 Å². The largest absolute Gasteiger partial charge is 0.444 e. The van der Waals surface area contributed by atoms with Crippen molar-refractivity contribution in [1.29, 1.82) is 0 Å². The maximum atomic E-state index is 11.5. The van der Waals surface area contributed by atoms with Crippen molar-refractivity contribution in [2.45, 2.75) is 59.2 Å². The van der Waals surface area contributed by atoms with Crippen molar-refractivity contribution in [1.82, 2.24) is 10.6 Å². The van der Waals surface area contributed by atoms with Gasteiger partial charge in [-0.25, -0.2) is 4.79 Å². The zero-order chi connectivity index (χ0) is 15.2. The van der Waals surface area contributed by atoms with Crippen molar-refractivity contribution >= 4 is 17.4 Å². The molecular formula is C15H26N2O2S. The first kappa shape index (κ1) is 17.0. The fourth-order valence-corrected chi connectivity index (χ4v) is 2.51. The van der Waals surface area contributed by atoms with E-state index in [9.17, 15) is 4.79 Å². The topological polar surface area (TPSA) is 50.4 Å². The SMILES string of the molecule is CCc1ccc(CNC(C)CNC(=O)OC(C)(C)C)s1. The van der Waals surface area contributed by atoms with E-state index in [1.54, 1.807) is 0 Å². The lowest BCUT2D eigenvalue weighted by Crippen LogP contribution is -2.40. The van der Waals surface area contributed by atoms with Crippen LogP contribution < -0.4 is 10.6 Å². The highest BCUT2D eigenvalue weighted by atomic mass is 32.1. The van der Waals surface area contributed by atoms with Crippen molar-refractivity contribution in [3.63, 3.8) is 0 Å². The van der Waals surface area contributed by atoms with E-state index in [-0.39, 0.29) is 12.1 Å². The molecule has 0 aliphatic carbocycles. The summed E-state index contributed by atoms with van der Waals surface area (Å²) in [7, 11) is 0. The molecule has 0 aromatic carbocycles. The molecule has 1 unspecified atom stereocenters. The van der Waals surface area contributed by atoms with Gasteiger partial charge in [0.15, 0.2) is 0 Å². The van der Waals surface area contributed by atoms with Crippen molar-refractivity contribution in [3.8, 4) is 0 Å². The van der Waals surface area contributed by atoms with E-state index in [0.29, 0.717) is 6.54 Å². The molecule has 0 aliphatic rings. The smallest absolute Gasteiger partial charge is 0.407 e. The van der Waals surface area contributed by atoms with Gasteiger partial charge in [0, 0.05) is 28.9 Å². The van der Waals surface area contributed by atoms with Gasteiger partial charge in [-0.2, -0.15) is 0 Å². The summed E-state index contributed by atoms with van der Waals surface area (Å²) in [6, 6.07) is 4.53. The molecule has 0 radical (unpaired) electrons. The van der Waals surface area contributed by atoms with Gasteiger partial charge in [0.25, 0.3) is 0 Å². The zero-order valence-electron chi connectivity index (χ0n) is 13.1. The molecule has 5 heteroatoms. The lowest BCUT2D eigenvalue weighted by atomic mass is 10.2.